The molecule has 0 aliphatic heterocycles. The van der Waals surface area contributed by atoms with Crippen LogP contribution in [0.25, 0.3) is 10.9 Å². The maximum atomic E-state index is 12.2. The Morgan fingerprint density at radius 2 is 2.05 bits per heavy atom. The van der Waals surface area contributed by atoms with Crippen molar-refractivity contribution in [1.29, 1.82) is 0 Å². The van der Waals surface area contributed by atoms with Crippen molar-refractivity contribution in [3.8, 4) is 0 Å². The second kappa shape index (κ2) is 5.44. The lowest BCUT2D eigenvalue weighted by Gasteiger charge is -2.31. The molecule has 0 saturated heterocycles. The normalized spacial score (nSPS) is 20.8. The zero-order valence-corrected chi connectivity index (χ0v) is 12.6. The number of anilines is 1. The van der Waals surface area contributed by atoms with E-state index in [1.54, 1.807) is 12.3 Å². The quantitative estimate of drug-likeness (QED) is 0.893. The molecule has 1 fully saturated rings. The summed E-state index contributed by atoms with van der Waals surface area (Å²) in [6, 6.07) is 7.44. The predicted molar refractivity (Wildman–Crippen MR) is 81.9 cm³/mol. The first-order valence-electron chi connectivity index (χ1n) is 6.64. The molecule has 2 atom stereocenters. The summed E-state index contributed by atoms with van der Waals surface area (Å²) in [5, 5.41) is 12.7. The average Bonchev–Trinajstić information content (AvgIpc) is 2.36. The van der Waals surface area contributed by atoms with E-state index in [1.807, 2.05) is 18.2 Å². The Morgan fingerprint density at radius 1 is 1.29 bits per heavy atom. The highest BCUT2D eigenvalue weighted by atomic mass is 79.9. The number of halogens is 1. The van der Waals surface area contributed by atoms with Gasteiger partial charge in [-0.15, -0.1) is 0 Å². The van der Waals surface area contributed by atoms with Gasteiger partial charge in [-0.05, 0) is 40.9 Å². The molecule has 108 valence electrons. The molecule has 0 spiro atoms. The lowest BCUT2D eigenvalue weighted by atomic mass is 9.73. The molecule has 1 aromatic carbocycles. The Kier molecular flexibility index (Phi) is 3.63. The van der Waals surface area contributed by atoms with Gasteiger partial charge in [0.05, 0.1) is 23.0 Å². The van der Waals surface area contributed by atoms with Crippen LogP contribution in [-0.2, 0) is 9.59 Å². The topological polar surface area (TPSA) is 79.3 Å². The molecule has 1 amide bonds. The van der Waals surface area contributed by atoms with E-state index in [0.717, 1.165) is 9.86 Å². The van der Waals surface area contributed by atoms with Crippen LogP contribution in [0.1, 0.15) is 12.8 Å². The second-order valence-corrected chi connectivity index (χ2v) is 6.06. The van der Waals surface area contributed by atoms with Gasteiger partial charge in [0.1, 0.15) is 0 Å². The first-order valence-corrected chi connectivity index (χ1v) is 7.43. The molecule has 1 aromatic heterocycles. The van der Waals surface area contributed by atoms with Crippen LogP contribution < -0.4 is 5.32 Å². The molecular weight excluding hydrogens is 336 g/mol. The summed E-state index contributed by atoms with van der Waals surface area (Å²) in [6.07, 6.45) is 2.85. The minimum atomic E-state index is -0.902. The summed E-state index contributed by atoms with van der Waals surface area (Å²) in [6.45, 7) is 0. The number of carboxylic acid groups (broad SMARTS) is 1. The molecule has 2 N–H and O–H groups in total. The molecule has 1 saturated carbocycles. The highest BCUT2D eigenvalue weighted by Crippen LogP contribution is 2.35. The van der Waals surface area contributed by atoms with Crippen molar-refractivity contribution in [3.63, 3.8) is 0 Å². The van der Waals surface area contributed by atoms with Crippen LogP contribution >= 0.6 is 15.9 Å². The van der Waals surface area contributed by atoms with Crippen LogP contribution in [0.4, 0.5) is 5.69 Å². The number of carbonyl (C=O) groups is 2. The number of aromatic nitrogens is 1. The molecule has 0 bridgehead atoms. The van der Waals surface area contributed by atoms with E-state index in [0.29, 0.717) is 24.0 Å². The number of carbonyl (C=O) groups excluding carboxylic acids is 1. The number of nitrogens with zero attached hydrogens (tertiary/aromatic N) is 1. The summed E-state index contributed by atoms with van der Waals surface area (Å²) >= 11 is 3.36. The SMILES string of the molecule is O=C(Nc1cccc2cc(Br)cnc12)[C@H]1CC[C@H]1C(=O)O. The molecule has 21 heavy (non-hydrogen) atoms. The number of benzene rings is 1. The largest absolute Gasteiger partial charge is 0.481 e. The van der Waals surface area contributed by atoms with Crippen molar-refractivity contribution in [1.82, 2.24) is 4.98 Å². The highest BCUT2D eigenvalue weighted by molar-refractivity contribution is 9.10. The average molecular weight is 349 g/mol. The van der Waals surface area contributed by atoms with Crippen LogP contribution in [0.15, 0.2) is 34.9 Å². The first-order chi connectivity index (χ1) is 10.1. The Bertz CT molecular complexity index is 732. The van der Waals surface area contributed by atoms with Crippen LogP contribution in [-0.4, -0.2) is 22.0 Å². The van der Waals surface area contributed by atoms with Gasteiger partial charge in [-0.25, -0.2) is 0 Å². The van der Waals surface area contributed by atoms with Crippen LogP contribution in [0, 0.1) is 11.8 Å². The van der Waals surface area contributed by atoms with Crippen LogP contribution in [0.3, 0.4) is 0 Å². The van der Waals surface area contributed by atoms with Gasteiger partial charge < -0.3 is 10.4 Å². The fraction of sp³-hybridized carbons (Fsp3) is 0.267. The van der Waals surface area contributed by atoms with E-state index in [9.17, 15) is 9.59 Å². The Hall–Kier alpha value is -1.95. The molecule has 1 aliphatic rings. The standard InChI is InChI=1S/C15H13BrN2O3/c16-9-6-8-2-1-3-12(13(8)17-7-9)18-14(19)10-4-5-11(10)15(20)21/h1-3,6-7,10-11H,4-5H2,(H,18,19)(H,20,21)/t10-,11+/m0/s1. The zero-order valence-electron chi connectivity index (χ0n) is 11.0. The predicted octanol–water partition coefficient (Wildman–Crippen LogP) is 3.05. The number of pyridine rings is 1. The van der Waals surface area contributed by atoms with E-state index in [1.165, 1.54) is 0 Å². The number of hydrogen-bond donors (Lipinski definition) is 2. The lowest BCUT2D eigenvalue weighted by Crippen LogP contribution is -2.41. The number of fused-ring (bicyclic) bond motifs is 1. The molecule has 0 unspecified atom stereocenters. The number of para-hydroxylation sites is 1. The molecule has 5 nitrogen and oxygen atoms in total. The Balaban J connectivity index is 1.85. The zero-order chi connectivity index (χ0) is 15.0. The molecular formula is C15H13BrN2O3. The van der Waals surface area contributed by atoms with Gasteiger partial charge in [-0.2, -0.15) is 0 Å². The minimum absolute atomic E-state index is 0.245. The van der Waals surface area contributed by atoms with E-state index in [4.69, 9.17) is 5.11 Å². The maximum absolute atomic E-state index is 12.2. The molecule has 2 aromatic rings. The Labute approximate surface area is 129 Å². The fourth-order valence-corrected chi connectivity index (χ4v) is 2.92. The van der Waals surface area contributed by atoms with Crippen molar-refractivity contribution in [2.45, 2.75) is 12.8 Å². The number of amides is 1. The number of aliphatic carboxylic acids is 1. The first kappa shape index (κ1) is 14.0. The Morgan fingerprint density at radius 3 is 2.71 bits per heavy atom. The number of rotatable bonds is 3. The van der Waals surface area contributed by atoms with Gasteiger partial charge in [0.25, 0.3) is 0 Å². The maximum Gasteiger partial charge on any atom is 0.307 e. The van der Waals surface area contributed by atoms with Crippen molar-refractivity contribution >= 4 is 44.4 Å². The molecule has 1 heterocycles. The summed E-state index contributed by atoms with van der Waals surface area (Å²) in [5.74, 6) is -2.16. The lowest BCUT2D eigenvalue weighted by molar-refractivity contribution is -0.151. The molecule has 3 rings (SSSR count). The van der Waals surface area contributed by atoms with Crippen LogP contribution in [0.5, 0.6) is 0 Å². The van der Waals surface area contributed by atoms with E-state index < -0.39 is 17.8 Å². The number of hydrogen-bond acceptors (Lipinski definition) is 3. The third kappa shape index (κ3) is 2.63. The summed E-state index contributed by atoms with van der Waals surface area (Å²) in [4.78, 5) is 27.5. The highest BCUT2D eigenvalue weighted by Gasteiger charge is 2.41. The van der Waals surface area contributed by atoms with Crippen molar-refractivity contribution in [3.05, 3.63) is 34.9 Å². The van der Waals surface area contributed by atoms with Gasteiger partial charge in [0, 0.05) is 16.1 Å². The van der Waals surface area contributed by atoms with E-state index in [2.05, 4.69) is 26.2 Å². The summed E-state index contributed by atoms with van der Waals surface area (Å²) < 4.78 is 0.864. The smallest absolute Gasteiger partial charge is 0.307 e. The fourth-order valence-electron chi connectivity index (χ4n) is 2.57. The molecule has 1 aliphatic carbocycles. The van der Waals surface area contributed by atoms with Gasteiger partial charge in [0.2, 0.25) is 5.91 Å². The summed E-state index contributed by atoms with van der Waals surface area (Å²) in [7, 11) is 0. The van der Waals surface area contributed by atoms with Crippen molar-refractivity contribution in [2.75, 3.05) is 5.32 Å². The third-order valence-electron chi connectivity index (χ3n) is 3.86. The van der Waals surface area contributed by atoms with Gasteiger partial charge >= 0.3 is 5.97 Å². The van der Waals surface area contributed by atoms with Gasteiger partial charge in [-0.3, -0.25) is 14.6 Å². The van der Waals surface area contributed by atoms with Gasteiger partial charge in [-0.1, -0.05) is 12.1 Å². The van der Waals surface area contributed by atoms with Crippen molar-refractivity contribution in [2.24, 2.45) is 11.8 Å². The summed E-state index contributed by atoms with van der Waals surface area (Å²) in [5.41, 5.74) is 1.31. The van der Waals surface area contributed by atoms with E-state index in [-0.39, 0.29) is 5.91 Å². The minimum Gasteiger partial charge on any atom is -0.481 e. The third-order valence-corrected chi connectivity index (χ3v) is 4.30. The van der Waals surface area contributed by atoms with Gasteiger partial charge in [0.15, 0.2) is 0 Å². The number of nitrogens with one attached hydrogen (secondary N) is 1. The second-order valence-electron chi connectivity index (χ2n) is 5.15. The monoisotopic (exact) mass is 348 g/mol. The molecule has 0 radical (unpaired) electrons. The van der Waals surface area contributed by atoms with Crippen LogP contribution in [0.2, 0.25) is 0 Å². The number of carboxylic acids is 1. The van der Waals surface area contributed by atoms with Crippen molar-refractivity contribution < 1.29 is 14.7 Å². The molecule has 6 heteroatoms. The van der Waals surface area contributed by atoms with E-state index >= 15 is 0 Å².